The van der Waals surface area contributed by atoms with Gasteiger partial charge >= 0.3 is 0 Å². The smallest absolute Gasteiger partial charge is 0.167 e. The third-order valence-corrected chi connectivity index (χ3v) is 2.82. The summed E-state index contributed by atoms with van der Waals surface area (Å²) in [5.41, 5.74) is 14.5. The van der Waals surface area contributed by atoms with Crippen molar-refractivity contribution >= 4 is 11.3 Å². The minimum absolute atomic E-state index is 0.318. The highest BCUT2D eigenvalue weighted by atomic mass is 32.1. The summed E-state index contributed by atoms with van der Waals surface area (Å²) in [4.78, 5) is 3.59. The lowest BCUT2D eigenvalue weighted by Crippen LogP contribution is -2.36. The van der Waals surface area contributed by atoms with Crippen molar-refractivity contribution in [1.29, 1.82) is 0 Å². The van der Waals surface area contributed by atoms with Crippen LogP contribution in [0.2, 0.25) is 0 Å². The Labute approximate surface area is 90.6 Å². The lowest BCUT2D eigenvalue weighted by Gasteiger charge is -2.11. The Bertz CT molecular complexity index is 359. The number of hydrogen-bond acceptors (Lipinski definition) is 5. The van der Waals surface area contributed by atoms with Crippen molar-refractivity contribution in [2.75, 3.05) is 0 Å². The van der Waals surface area contributed by atoms with Crippen LogP contribution >= 0.6 is 11.3 Å². The van der Waals surface area contributed by atoms with Gasteiger partial charge in [0.05, 0.1) is 12.6 Å². The number of nitrogens with zero attached hydrogens (tertiary/aromatic N) is 3. The topological polar surface area (TPSA) is 115 Å². The molecule has 4 N–H and O–H groups in total. The molecule has 82 valence electrons. The molecule has 0 saturated heterocycles. The van der Waals surface area contributed by atoms with Gasteiger partial charge in [-0.15, -0.1) is 11.3 Å². The first-order valence-corrected chi connectivity index (χ1v) is 5.20. The third-order valence-electron chi connectivity index (χ3n) is 1.85. The fourth-order valence-electron chi connectivity index (χ4n) is 1.10. The molecule has 0 radical (unpaired) electrons. The first kappa shape index (κ1) is 12.0. The van der Waals surface area contributed by atoms with E-state index in [4.69, 9.17) is 21.5 Å². The maximum atomic E-state index is 8.80. The normalized spacial score (nSPS) is 12.5. The van der Waals surface area contributed by atoms with Crippen LogP contribution in [0.4, 0.5) is 0 Å². The molecular formula is C8H12N4O2S. The molecule has 0 aliphatic carbocycles. The van der Waals surface area contributed by atoms with E-state index in [1.807, 2.05) is 11.4 Å². The van der Waals surface area contributed by atoms with E-state index in [2.05, 4.69) is 10.0 Å². The molecule has 0 spiro atoms. The molecule has 0 aliphatic heterocycles. The van der Waals surface area contributed by atoms with Crippen LogP contribution in [0.1, 0.15) is 10.4 Å². The van der Waals surface area contributed by atoms with Crippen molar-refractivity contribution in [3.8, 4) is 0 Å². The van der Waals surface area contributed by atoms with Crippen LogP contribution < -0.4 is 5.73 Å². The molecule has 0 bridgehead atoms. The van der Waals surface area contributed by atoms with E-state index in [0.29, 0.717) is 13.0 Å². The third kappa shape index (κ3) is 3.86. The Morgan fingerprint density at radius 3 is 2.93 bits per heavy atom. The summed E-state index contributed by atoms with van der Waals surface area (Å²) in [6.07, 6.45) is -1.12. The van der Waals surface area contributed by atoms with Gasteiger partial charge in [0, 0.05) is 9.79 Å². The van der Waals surface area contributed by atoms with Crippen LogP contribution in [-0.2, 0) is 13.0 Å². The summed E-state index contributed by atoms with van der Waals surface area (Å²) < 4.78 is 0. The number of aliphatic hydroxyl groups excluding tert-OH is 1. The van der Waals surface area contributed by atoms with Gasteiger partial charge < -0.3 is 15.9 Å². The molecule has 0 aliphatic rings. The second kappa shape index (κ2) is 5.69. The van der Waals surface area contributed by atoms with Crippen LogP contribution in [0.5, 0.6) is 0 Å². The number of thiophene rings is 1. The number of rotatable bonds is 5. The minimum Gasteiger partial charge on any atom is -0.367 e. The van der Waals surface area contributed by atoms with Gasteiger partial charge in [0.15, 0.2) is 6.29 Å². The van der Waals surface area contributed by atoms with Crippen molar-refractivity contribution in [2.24, 2.45) is 10.8 Å². The lowest BCUT2D eigenvalue weighted by molar-refractivity contribution is -0.0577. The summed E-state index contributed by atoms with van der Waals surface area (Å²) in [5, 5.41) is 22.9. The molecule has 15 heavy (non-hydrogen) atoms. The van der Waals surface area contributed by atoms with Crippen molar-refractivity contribution in [1.82, 2.24) is 0 Å². The molecule has 7 heteroatoms. The minimum atomic E-state index is -1.51. The zero-order chi connectivity index (χ0) is 11.3. The van der Waals surface area contributed by atoms with Crippen LogP contribution in [0.15, 0.2) is 16.6 Å². The second-order valence-electron chi connectivity index (χ2n) is 3.09. The van der Waals surface area contributed by atoms with E-state index in [9.17, 15) is 0 Å². The highest BCUT2D eigenvalue weighted by molar-refractivity contribution is 7.10. The highest BCUT2D eigenvalue weighted by Gasteiger charge is 2.12. The van der Waals surface area contributed by atoms with Crippen molar-refractivity contribution in [3.05, 3.63) is 32.3 Å². The van der Waals surface area contributed by atoms with Crippen LogP contribution in [0, 0.1) is 0 Å². The predicted molar refractivity (Wildman–Crippen MR) is 57.1 cm³/mol. The van der Waals surface area contributed by atoms with E-state index < -0.39 is 12.3 Å². The van der Waals surface area contributed by atoms with Crippen LogP contribution in [-0.4, -0.2) is 22.5 Å². The van der Waals surface area contributed by atoms with E-state index in [1.54, 1.807) is 0 Å². The molecule has 0 saturated carbocycles. The van der Waals surface area contributed by atoms with Gasteiger partial charge in [-0.25, -0.2) is 0 Å². The lowest BCUT2D eigenvalue weighted by atomic mass is 10.1. The van der Waals surface area contributed by atoms with Gasteiger partial charge in [0.2, 0.25) is 0 Å². The maximum Gasteiger partial charge on any atom is 0.167 e. The first-order valence-electron chi connectivity index (χ1n) is 4.32. The average Bonchev–Trinajstić information content (AvgIpc) is 2.62. The Hall–Kier alpha value is -1.11. The molecule has 0 fully saturated rings. The molecule has 0 unspecified atom stereocenters. The Morgan fingerprint density at radius 2 is 2.33 bits per heavy atom. The van der Waals surface area contributed by atoms with Crippen molar-refractivity contribution in [2.45, 2.75) is 25.3 Å². The zero-order valence-electron chi connectivity index (χ0n) is 7.95. The summed E-state index contributed by atoms with van der Waals surface area (Å²) >= 11 is 1.46. The molecule has 6 nitrogen and oxygen atoms in total. The molecule has 0 amide bonds. The Morgan fingerprint density at radius 1 is 1.60 bits per heavy atom. The Balaban J connectivity index is 2.56. The molecule has 1 heterocycles. The molecule has 1 rings (SSSR count). The van der Waals surface area contributed by atoms with Gasteiger partial charge in [-0.2, -0.15) is 0 Å². The summed E-state index contributed by atoms with van der Waals surface area (Å²) in [6, 6.07) is 1.16. The second-order valence-corrected chi connectivity index (χ2v) is 4.09. The average molecular weight is 228 g/mol. The van der Waals surface area contributed by atoms with Crippen LogP contribution in [0.25, 0.3) is 10.4 Å². The standard InChI is InChI=1S/C8H12N4O2S/c9-7(8(13)14)2-5-1-6(15-4-5)3-11-12-10/h1,4,7-8,13-14H,2-3,9H2/t7-/m0/s1. The quantitative estimate of drug-likeness (QED) is 0.298. The fraction of sp³-hybridized carbons (Fsp3) is 0.500. The fourth-order valence-corrected chi connectivity index (χ4v) is 1.91. The SMILES string of the molecule is [N-]=[N+]=NCc1cc(C[C@H](N)C(O)O)cs1. The molecule has 1 aromatic rings. The van der Waals surface area contributed by atoms with Gasteiger partial charge in [-0.3, -0.25) is 0 Å². The number of aliphatic hydroxyl groups is 2. The zero-order valence-corrected chi connectivity index (χ0v) is 8.76. The van der Waals surface area contributed by atoms with E-state index >= 15 is 0 Å². The monoisotopic (exact) mass is 228 g/mol. The summed E-state index contributed by atoms with van der Waals surface area (Å²) in [5.74, 6) is 0. The number of hydrogen-bond donors (Lipinski definition) is 3. The van der Waals surface area contributed by atoms with Gasteiger partial charge in [-0.05, 0) is 29.0 Å². The van der Waals surface area contributed by atoms with Gasteiger partial charge in [0.1, 0.15) is 0 Å². The summed E-state index contributed by atoms with van der Waals surface area (Å²) in [7, 11) is 0. The molecule has 0 aromatic carbocycles. The largest absolute Gasteiger partial charge is 0.367 e. The van der Waals surface area contributed by atoms with E-state index in [-0.39, 0.29) is 0 Å². The number of azide groups is 1. The molecule has 1 atom stereocenters. The summed E-state index contributed by atoms with van der Waals surface area (Å²) in [6.45, 7) is 0.318. The molecule has 1 aromatic heterocycles. The Kier molecular flexibility index (Phi) is 4.54. The van der Waals surface area contributed by atoms with Crippen LogP contribution in [0.3, 0.4) is 0 Å². The first-order chi connectivity index (χ1) is 7.13. The predicted octanol–water partition coefficient (Wildman–Crippen LogP) is 0.739. The van der Waals surface area contributed by atoms with Crippen molar-refractivity contribution < 1.29 is 10.2 Å². The highest BCUT2D eigenvalue weighted by Crippen LogP contribution is 2.17. The van der Waals surface area contributed by atoms with Gasteiger partial charge in [0.25, 0.3) is 0 Å². The number of nitrogens with two attached hydrogens (primary N) is 1. The van der Waals surface area contributed by atoms with E-state index in [0.717, 1.165) is 10.4 Å². The van der Waals surface area contributed by atoms with Crippen molar-refractivity contribution in [3.63, 3.8) is 0 Å². The maximum absolute atomic E-state index is 8.80. The van der Waals surface area contributed by atoms with Gasteiger partial charge in [-0.1, -0.05) is 5.11 Å². The van der Waals surface area contributed by atoms with E-state index in [1.165, 1.54) is 11.3 Å². The molecular weight excluding hydrogens is 216 g/mol.